The second-order valence-electron chi connectivity index (χ2n) is 12.2. The lowest BCUT2D eigenvalue weighted by Gasteiger charge is -2.47. The summed E-state index contributed by atoms with van der Waals surface area (Å²) < 4.78 is 0. The lowest BCUT2D eigenvalue weighted by Crippen LogP contribution is -2.60. The summed E-state index contributed by atoms with van der Waals surface area (Å²) in [6.45, 7) is 11.0. The molecule has 42 heavy (non-hydrogen) atoms. The number of likely N-dealkylation sites (N-methyl/N-ethyl adjacent to an activating group) is 1. The number of aromatic hydroxyl groups is 1. The van der Waals surface area contributed by atoms with Gasteiger partial charge in [0.2, 0.25) is 11.8 Å². The molecule has 2 aliphatic heterocycles. The molecule has 0 aliphatic carbocycles. The highest BCUT2D eigenvalue weighted by molar-refractivity contribution is 6.30. The molecule has 2 aliphatic rings. The number of nitrogens with one attached hydrogen (secondary N) is 1. The zero-order valence-corrected chi connectivity index (χ0v) is 26.0. The van der Waals surface area contributed by atoms with Gasteiger partial charge in [0.15, 0.2) is 0 Å². The SMILES string of the molecule is CC(C)CN(C1CCN(C(=O)[C@@H](Cc2ccc(Cl)cc2)NC(=O)CC(N)c2cccc(O)c2)CC1)N1CCN(C)CC1. The summed E-state index contributed by atoms with van der Waals surface area (Å²) in [6.07, 6.45) is 2.17. The van der Waals surface area contributed by atoms with E-state index in [9.17, 15) is 14.7 Å². The maximum Gasteiger partial charge on any atom is 0.245 e. The predicted molar refractivity (Wildman–Crippen MR) is 167 cm³/mol. The van der Waals surface area contributed by atoms with E-state index in [0.717, 1.165) is 51.1 Å². The average molecular weight is 599 g/mol. The number of nitrogens with two attached hydrogens (primary N) is 1. The fourth-order valence-electron chi connectivity index (χ4n) is 5.91. The van der Waals surface area contributed by atoms with Gasteiger partial charge < -0.3 is 26.0 Å². The number of rotatable bonds is 11. The number of halogens is 1. The molecule has 230 valence electrons. The summed E-state index contributed by atoms with van der Waals surface area (Å²) in [7, 11) is 2.17. The molecule has 2 fully saturated rings. The van der Waals surface area contributed by atoms with Gasteiger partial charge in [-0.1, -0.05) is 49.7 Å². The van der Waals surface area contributed by atoms with Crippen LogP contribution in [0.3, 0.4) is 0 Å². The summed E-state index contributed by atoms with van der Waals surface area (Å²) >= 11 is 6.09. The van der Waals surface area contributed by atoms with E-state index in [-0.39, 0.29) is 24.0 Å². The van der Waals surface area contributed by atoms with Gasteiger partial charge in [0.05, 0.1) is 0 Å². The van der Waals surface area contributed by atoms with Gasteiger partial charge in [-0.3, -0.25) is 9.59 Å². The summed E-state index contributed by atoms with van der Waals surface area (Å²) in [6, 6.07) is 13.1. The number of piperazine rings is 1. The highest BCUT2D eigenvalue weighted by Crippen LogP contribution is 2.23. The van der Waals surface area contributed by atoms with E-state index in [2.05, 4.69) is 41.1 Å². The number of likely N-dealkylation sites (tertiary alicyclic amines) is 1. The number of phenols is 1. The molecule has 4 N–H and O–H groups in total. The van der Waals surface area contributed by atoms with Crippen molar-refractivity contribution >= 4 is 23.4 Å². The van der Waals surface area contributed by atoms with Crippen molar-refractivity contribution in [3.63, 3.8) is 0 Å². The van der Waals surface area contributed by atoms with Gasteiger partial charge in [-0.2, -0.15) is 0 Å². The largest absolute Gasteiger partial charge is 0.508 e. The number of benzene rings is 2. The van der Waals surface area contributed by atoms with Crippen LogP contribution in [0, 0.1) is 5.92 Å². The first-order chi connectivity index (χ1) is 20.1. The summed E-state index contributed by atoms with van der Waals surface area (Å²) in [4.78, 5) is 31.3. The maximum atomic E-state index is 13.9. The Morgan fingerprint density at radius 2 is 1.71 bits per heavy atom. The molecular weight excluding hydrogens is 552 g/mol. The Labute approximate surface area is 255 Å². The van der Waals surface area contributed by atoms with Crippen molar-refractivity contribution in [1.29, 1.82) is 0 Å². The molecule has 2 aromatic carbocycles. The quantitative estimate of drug-likeness (QED) is 0.365. The molecule has 1 unspecified atom stereocenters. The number of carbonyl (C=O) groups excluding carboxylic acids is 2. The van der Waals surface area contributed by atoms with Crippen molar-refractivity contribution in [1.82, 2.24) is 25.1 Å². The number of hydrogen-bond donors (Lipinski definition) is 3. The molecule has 0 radical (unpaired) electrons. The average Bonchev–Trinajstić information content (AvgIpc) is 2.97. The number of amides is 2. The summed E-state index contributed by atoms with van der Waals surface area (Å²) in [5, 5.41) is 18.5. The monoisotopic (exact) mass is 598 g/mol. The van der Waals surface area contributed by atoms with Gasteiger partial charge in [0, 0.05) is 75.8 Å². The molecule has 2 heterocycles. The predicted octanol–water partition coefficient (Wildman–Crippen LogP) is 3.27. The van der Waals surface area contributed by atoms with Gasteiger partial charge in [-0.05, 0) is 61.2 Å². The van der Waals surface area contributed by atoms with E-state index in [1.807, 2.05) is 17.0 Å². The second-order valence-corrected chi connectivity index (χ2v) is 12.6. The van der Waals surface area contributed by atoms with Crippen LogP contribution < -0.4 is 11.1 Å². The fraction of sp³-hybridized carbons (Fsp3) is 0.562. The van der Waals surface area contributed by atoms with Crippen molar-refractivity contribution in [2.24, 2.45) is 11.7 Å². The summed E-state index contributed by atoms with van der Waals surface area (Å²) in [5.41, 5.74) is 7.87. The van der Waals surface area contributed by atoms with Crippen LogP contribution in [-0.2, 0) is 16.0 Å². The number of piperidine rings is 1. The van der Waals surface area contributed by atoms with E-state index in [0.29, 0.717) is 42.1 Å². The Hall–Kier alpha value is -2.69. The lowest BCUT2D eigenvalue weighted by atomic mass is 9.99. The second kappa shape index (κ2) is 15.2. The van der Waals surface area contributed by atoms with Crippen molar-refractivity contribution in [2.75, 3.05) is 52.9 Å². The topological polar surface area (TPSA) is 105 Å². The molecule has 9 nitrogen and oxygen atoms in total. The minimum Gasteiger partial charge on any atom is -0.508 e. The van der Waals surface area contributed by atoms with Crippen LogP contribution in [-0.4, -0.2) is 102 Å². The molecule has 0 saturated carbocycles. The lowest BCUT2D eigenvalue weighted by molar-refractivity contribution is -0.140. The number of nitrogens with zero attached hydrogens (tertiary/aromatic N) is 4. The Morgan fingerprint density at radius 1 is 1.05 bits per heavy atom. The Kier molecular flexibility index (Phi) is 11.6. The fourth-order valence-corrected chi connectivity index (χ4v) is 6.04. The summed E-state index contributed by atoms with van der Waals surface area (Å²) in [5.74, 6) is 0.278. The Morgan fingerprint density at radius 3 is 2.33 bits per heavy atom. The number of carbonyl (C=O) groups is 2. The molecule has 2 atom stereocenters. The van der Waals surface area contributed by atoms with Crippen molar-refractivity contribution in [2.45, 2.75) is 57.7 Å². The highest BCUT2D eigenvalue weighted by Gasteiger charge is 2.34. The van der Waals surface area contributed by atoms with Crippen LogP contribution in [0.2, 0.25) is 5.02 Å². The van der Waals surface area contributed by atoms with Crippen LogP contribution in [0.4, 0.5) is 0 Å². The Bertz CT molecular complexity index is 1160. The van der Waals surface area contributed by atoms with E-state index >= 15 is 0 Å². The van der Waals surface area contributed by atoms with Gasteiger partial charge >= 0.3 is 0 Å². The zero-order chi connectivity index (χ0) is 30.2. The molecule has 2 aromatic rings. The van der Waals surface area contributed by atoms with Gasteiger partial charge in [0.1, 0.15) is 11.8 Å². The molecule has 2 amide bonds. The van der Waals surface area contributed by atoms with Crippen LogP contribution in [0.25, 0.3) is 0 Å². The van der Waals surface area contributed by atoms with E-state index < -0.39 is 12.1 Å². The third-order valence-electron chi connectivity index (χ3n) is 8.28. The molecule has 2 saturated heterocycles. The smallest absolute Gasteiger partial charge is 0.245 e. The van der Waals surface area contributed by atoms with E-state index in [4.69, 9.17) is 17.3 Å². The first-order valence-electron chi connectivity index (χ1n) is 15.2. The molecular formula is C32H47ClN6O3. The first kappa shape index (κ1) is 32.2. The van der Waals surface area contributed by atoms with E-state index in [1.165, 1.54) is 0 Å². The van der Waals surface area contributed by atoms with Crippen molar-refractivity contribution < 1.29 is 14.7 Å². The normalized spacial score (nSPS) is 18.8. The first-order valence-corrected chi connectivity index (χ1v) is 15.5. The van der Waals surface area contributed by atoms with Crippen LogP contribution in [0.5, 0.6) is 5.75 Å². The molecule has 10 heteroatoms. The van der Waals surface area contributed by atoms with Gasteiger partial charge in [-0.15, -0.1) is 0 Å². The van der Waals surface area contributed by atoms with Crippen molar-refractivity contribution in [3.05, 3.63) is 64.7 Å². The third kappa shape index (κ3) is 9.15. The van der Waals surface area contributed by atoms with Crippen LogP contribution in [0.1, 0.15) is 50.3 Å². The molecule has 4 rings (SSSR count). The van der Waals surface area contributed by atoms with E-state index in [1.54, 1.807) is 36.4 Å². The standard InChI is InChI=1S/C32H47ClN6O3/c1-23(2)22-39(38-17-15-36(3)16-18-38)27-11-13-37(14-12-27)32(42)30(19-24-7-9-26(33)10-8-24)35-31(41)21-29(34)25-5-4-6-28(40)20-25/h4-10,20,23,27,29-30,40H,11-19,21-22,34H2,1-3H3,(H,35,41)/t29?,30-/m1/s1. The van der Waals surface area contributed by atoms with Gasteiger partial charge in [0.25, 0.3) is 0 Å². The van der Waals surface area contributed by atoms with Gasteiger partial charge in [-0.25, -0.2) is 10.0 Å². The zero-order valence-electron chi connectivity index (χ0n) is 25.2. The minimum absolute atomic E-state index is 0.00507. The minimum atomic E-state index is -0.712. The third-order valence-corrected chi connectivity index (χ3v) is 8.53. The highest BCUT2D eigenvalue weighted by atomic mass is 35.5. The molecule has 0 aromatic heterocycles. The Balaban J connectivity index is 1.41. The van der Waals surface area contributed by atoms with Crippen LogP contribution >= 0.6 is 11.6 Å². The van der Waals surface area contributed by atoms with Crippen LogP contribution in [0.15, 0.2) is 48.5 Å². The van der Waals surface area contributed by atoms with Crippen molar-refractivity contribution in [3.8, 4) is 5.75 Å². The molecule has 0 spiro atoms. The molecule has 0 bridgehead atoms. The number of hydrogen-bond acceptors (Lipinski definition) is 7. The number of phenolic OH excluding ortho intramolecular Hbond substituents is 1. The maximum absolute atomic E-state index is 13.9. The number of hydrazine groups is 1.